The lowest BCUT2D eigenvalue weighted by molar-refractivity contribution is -0.161. The van der Waals surface area contributed by atoms with E-state index in [1.165, 1.54) is 205 Å². The monoisotopic (exact) mass is 1410 g/mol. The zero-order chi connectivity index (χ0) is 70.9. The average molecular weight is 1410 g/mol. The maximum absolute atomic E-state index is 13.1. The molecule has 0 saturated heterocycles. The fourth-order valence-electron chi connectivity index (χ4n) is 11.7. The fraction of sp³-hybridized carbons (Fsp3) is 0.948. The third kappa shape index (κ3) is 67.9. The first kappa shape index (κ1) is 94.1. The van der Waals surface area contributed by atoms with Crippen LogP contribution in [0.5, 0.6) is 0 Å². The molecule has 17 nitrogen and oxygen atoms in total. The summed E-state index contributed by atoms with van der Waals surface area (Å²) in [5.41, 5.74) is 0. The van der Waals surface area contributed by atoms with Crippen LogP contribution in [-0.4, -0.2) is 96.7 Å². The van der Waals surface area contributed by atoms with E-state index in [0.29, 0.717) is 25.7 Å². The lowest BCUT2D eigenvalue weighted by Gasteiger charge is -2.21. The van der Waals surface area contributed by atoms with Gasteiger partial charge in [0.2, 0.25) is 0 Å². The van der Waals surface area contributed by atoms with Crippen molar-refractivity contribution in [3.05, 3.63) is 0 Å². The smallest absolute Gasteiger partial charge is 0.462 e. The molecule has 0 saturated carbocycles. The Morgan fingerprint density at radius 1 is 0.302 bits per heavy atom. The van der Waals surface area contributed by atoms with Crippen molar-refractivity contribution < 1.29 is 80.2 Å². The number of aliphatic hydroxyl groups is 1. The fourth-order valence-corrected chi connectivity index (χ4v) is 13.3. The first-order valence-corrected chi connectivity index (χ1v) is 42.9. The highest BCUT2D eigenvalue weighted by atomic mass is 31.2. The molecule has 19 heteroatoms. The van der Waals surface area contributed by atoms with Crippen LogP contribution >= 0.6 is 15.6 Å². The van der Waals surface area contributed by atoms with Gasteiger partial charge in [-0.05, 0) is 43.4 Å². The van der Waals surface area contributed by atoms with Crippen LogP contribution in [0, 0.1) is 17.8 Å². The lowest BCUT2D eigenvalue weighted by atomic mass is 9.99. The van der Waals surface area contributed by atoms with E-state index in [9.17, 15) is 43.2 Å². The molecule has 0 radical (unpaired) electrons. The quantitative estimate of drug-likeness (QED) is 0.0222. The molecule has 0 aromatic carbocycles. The Balaban J connectivity index is 5.25. The number of phosphoric ester groups is 2. The molecule has 0 aromatic rings. The number of hydrogen-bond acceptors (Lipinski definition) is 15. The number of carbonyl (C=O) groups excluding carboxylic acids is 4. The Bertz CT molecular complexity index is 1870. The van der Waals surface area contributed by atoms with Gasteiger partial charge in [-0.2, -0.15) is 0 Å². The van der Waals surface area contributed by atoms with Gasteiger partial charge >= 0.3 is 39.5 Å². The van der Waals surface area contributed by atoms with E-state index in [4.69, 9.17) is 37.0 Å². The molecule has 0 bridgehead atoms. The summed E-state index contributed by atoms with van der Waals surface area (Å²) in [6.07, 6.45) is 53.9. The summed E-state index contributed by atoms with van der Waals surface area (Å²) in [7, 11) is -9.91. The molecule has 96 heavy (non-hydrogen) atoms. The molecular formula is C77H150O17P2. The number of esters is 4. The van der Waals surface area contributed by atoms with Crippen molar-refractivity contribution in [3.8, 4) is 0 Å². The second-order valence-electron chi connectivity index (χ2n) is 28.7. The van der Waals surface area contributed by atoms with Crippen LogP contribution in [0.15, 0.2) is 0 Å². The normalized spacial score (nSPS) is 14.6. The Morgan fingerprint density at radius 2 is 0.531 bits per heavy atom. The van der Waals surface area contributed by atoms with E-state index >= 15 is 0 Å². The largest absolute Gasteiger partial charge is 0.472 e. The van der Waals surface area contributed by atoms with Gasteiger partial charge in [0.15, 0.2) is 12.2 Å². The number of carbonyl (C=O) groups is 4. The number of aliphatic hydroxyl groups excluding tert-OH is 1. The van der Waals surface area contributed by atoms with Crippen LogP contribution in [0.4, 0.5) is 0 Å². The predicted molar refractivity (Wildman–Crippen MR) is 391 cm³/mol. The van der Waals surface area contributed by atoms with Crippen molar-refractivity contribution in [2.45, 2.75) is 414 Å². The molecule has 0 heterocycles. The Kier molecular flexibility index (Phi) is 66.2. The lowest BCUT2D eigenvalue weighted by Crippen LogP contribution is -2.30. The topological polar surface area (TPSA) is 237 Å². The van der Waals surface area contributed by atoms with Crippen LogP contribution in [0.2, 0.25) is 0 Å². The number of phosphoric acid groups is 2. The second kappa shape index (κ2) is 67.5. The van der Waals surface area contributed by atoms with Gasteiger partial charge in [0.05, 0.1) is 26.4 Å². The van der Waals surface area contributed by atoms with Crippen molar-refractivity contribution in [3.63, 3.8) is 0 Å². The summed E-state index contributed by atoms with van der Waals surface area (Å²) >= 11 is 0. The minimum Gasteiger partial charge on any atom is -0.462 e. The molecule has 0 fully saturated rings. The van der Waals surface area contributed by atoms with Crippen molar-refractivity contribution in [1.82, 2.24) is 0 Å². The van der Waals surface area contributed by atoms with E-state index < -0.39 is 97.5 Å². The van der Waals surface area contributed by atoms with E-state index in [1.807, 2.05) is 0 Å². The van der Waals surface area contributed by atoms with Gasteiger partial charge in [0, 0.05) is 25.7 Å². The molecule has 0 rings (SSSR count). The SMILES string of the molecule is CCCCCCCCCCCCCC(=O)OC[C@H](COP(=O)(O)OC[C@H](O)COP(=O)(O)OC[C@@H](COC(=O)CCCCCCCCCCCCC(C)CC)OC(=O)CCCCCCCCCCCCCCCCCCC(C)C)OC(=O)CCCCCCCCCCC(C)CC. The second-order valence-corrected chi connectivity index (χ2v) is 31.6. The molecular weight excluding hydrogens is 1260 g/mol. The van der Waals surface area contributed by atoms with Crippen LogP contribution in [0.1, 0.15) is 395 Å². The predicted octanol–water partition coefficient (Wildman–Crippen LogP) is 22.6. The van der Waals surface area contributed by atoms with E-state index in [2.05, 4.69) is 48.5 Å². The molecule has 570 valence electrons. The van der Waals surface area contributed by atoms with Gasteiger partial charge in [0.1, 0.15) is 19.3 Å². The minimum absolute atomic E-state index is 0.105. The Hall–Kier alpha value is -1.94. The zero-order valence-corrected chi connectivity index (χ0v) is 64.6. The first-order chi connectivity index (χ1) is 46.3. The minimum atomic E-state index is -4.96. The third-order valence-electron chi connectivity index (χ3n) is 18.6. The molecule has 0 aliphatic heterocycles. The number of hydrogen-bond donors (Lipinski definition) is 3. The van der Waals surface area contributed by atoms with E-state index in [0.717, 1.165) is 108 Å². The van der Waals surface area contributed by atoms with E-state index in [-0.39, 0.29) is 25.7 Å². The maximum Gasteiger partial charge on any atom is 0.472 e. The summed E-state index contributed by atoms with van der Waals surface area (Å²) in [5.74, 6) is 0.272. The number of ether oxygens (including phenoxy) is 4. The summed E-state index contributed by atoms with van der Waals surface area (Å²) in [5, 5.41) is 10.6. The molecule has 3 N–H and O–H groups in total. The van der Waals surface area contributed by atoms with Gasteiger partial charge in [-0.1, -0.05) is 344 Å². The molecule has 7 atom stereocenters. The average Bonchev–Trinajstić information content (AvgIpc) is 1.13. The van der Waals surface area contributed by atoms with Crippen LogP contribution in [-0.2, 0) is 65.4 Å². The van der Waals surface area contributed by atoms with Gasteiger partial charge in [-0.15, -0.1) is 0 Å². The molecule has 0 aromatic heterocycles. The van der Waals surface area contributed by atoms with Crippen LogP contribution in [0.3, 0.4) is 0 Å². The first-order valence-electron chi connectivity index (χ1n) is 39.9. The Labute approximate surface area is 588 Å². The zero-order valence-electron chi connectivity index (χ0n) is 62.8. The van der Waals surface area contributed by atoms with Crippen molar-refractivity contribution in [2.75, 3.05) is 39.6 Å². The highest BCUT2D eigenvalue weighted by molar-refractivity contribution is 7.47. The third-order valence-corrected chi connectivity index (χ3v) is 20.5. The van der Waals surface area contributed by atoms with Crippen molar-refractivity contribution in [1.29, 1.82) is 0 Å². The Morgan fingerprint density at radius 3 is 0.792 bits per heavy atom. The highest BCUT2D eigenvalue weighted by Gasteiger charge is 2.30. The summed E-state index contributed by atoms with van der Waals surface area (Å²) in [6.45, 7) is 12.0. The molecule has 0 aliphatic rings. The van der Waals surface area contributed by atoms with Gasteiger partial charge in [-0.25, -0.2) is 9.13 Å². The molecule has 4 unspecified atom stereocenters. The van der Waals surface area contributed by atoms with Gasteiger partial charge < -0.3 is 33.8 Å². The van der Waals surface area contributed by atoms with Gasteiger partial charge in [0.25, 0.3) is 0 Å². The number of rotatable bonds is 75. The molecule has 0 spiro atoms. The highest BCUT2D eigenvalue weighted by Crippen LogP contribution is 2.45. The van der Waals surface area contributed by atoms with Gasteiger partial charge in [-0.3, -0.25) is 37.3 Å². The van der Waals surface area contributed by atoms with Crippen molar-refractivity contribution >= 4 is 39.5 Å². The standard InChI is InChI=1S/C77H150O17P2/c1-8-11-12-13-14-15-22-29-37-44-51-58-74(79)87-65-73(94-77(82)61-54-47-40-33-32-36-43-50-57-70(7)10-3)67-92-96(85,86)90-63-71(78)62-89-95(83,84)91-66-72(64-88-75(80)59-52-45-38-30-26-25-28-35-42-49-56-69(6)9-2)93-76(81)60-53-46-39-31-24-21-19-17-16-18-20-23-27-34-41-48-55-68(4)5/h68-73,78H,8-67H2,1-7H3,(H,83,84)(H,85,86)/t69?,70?,71-,72-,73-/m1/s1. The molecule has 0 aliphatic carbocycles. The van der Waals surface area contributed by atoms with Crippen molar-refractivity contribution in [2.24, 2.45) is 17.8 Å². The summed E-state index contributed by atoms with van der Waals surface area (Å²) in [6, 6.07) is 0. The molecule has 0 amide bonds. The summed E-state index contributed by atoms with van der Waals surface area (Å²) < 4.78 is 68.6. The summed E-state index contributed by atoms with van der Waals surface area (Å²) in [4.78, 5) is 72.9. The van der Waals surface area contributed by atoms with Crippen LogP contribution < -0.4 is 0 Å². The number of unbranched alkanes of at least 4 members (excludes halogenated alkanes) is 41. The maximum atomic E-state index is 13.1. The van der Waals surface area contributed by atoms with E-state index in [1.54, 1.807) is 0 Å². The van der Waals surface area contributed by atoms with Crippen LogP contribution in [0.25, 0.3) is 0 Å².